The molecular formula is C16H26N4O3. The number of carbonyl (C=O) groups excluding carboxylic acids is 1. The second kappa shape index (κ2) is 11.3. The Morgan fingerprint density at radius 3 is 2.57 bits per heavy atom. The maximum absolute atomic E-state index is 12.0. The number of hydrogen-bond donors (Lipinski definition) is 3. The van der Waals surface area contributed by atoms with Crippen LogP contribution in [0.2, 0.25) is 0 Å². The number of amides is 1. The highest BCUT2D eigenvalue weighted by atomic mass is 16.5. The third kappa shape index (κ3) is 7.51. The topological polar surface area (TPSA) is 84.0 Å². The Morgan fingerprint density at radius 2 is 1.87 bits per heavy atom. The van der Waals surface area contributed by atoms with Crippen molar-refractivity contribution in [2.75, 3.05) is 47.5 Å². The van der Waals surface area contributed by atoms with Crippen LogP contribution in [0.15, 0.2) is 29.3 Å². The number of hydrogen-bond acceptors (Lipinski definition) is 4. The monoisotopic (exact) mass is 322 g/mol. The van der Waals surface area contributed by atoms with Crippen molar-refractivity contribution in [3.63, 3.8) is 0 Å². The molecule has 1 aromatic rings. The molecule has 1 rings (SSSR count). The van der Waals surface area contributed by atoms with Crippen LogP contribution in [0.1, 0.15) is 16.8 Å². The van der Waals surface area contributed by atoms with Crippen molar-refractivity contribution in [2.24, 2.45) is 4.99 Å². The molecule has 0 atom stereocenters. The van der Waals surface area contributed by atoms with E-state index in [4.69, 9.17) is 9.47 Å². The maximum Gasteiger partial charge on any atom is 0.251 e. The lowest BCUT2D eigenvalue weighted by Gasteiger charge is -2.12. The van der Waals surface area contributed by atoms with Gasteiger partial charge in [-0.2, -0.15) is 0 Å². The normalized spacial score (nSPS) is 11.0. The van der Waals surface area contributed by atoms with Crippen LogP contribution in [0, 0.1) is 0 Å². The van der Waals surface area contributed by atoms with Gasteiger partial charge in [0.2, 0.25) is 0 Å². The van der Waals surface area contributed by atoms with Gasteiger partial charge in [0.1, 0.15) is 5.75 Å². The van der Waals surface area contributed by atoms with Crippen LogP contribution >= 0.6 is 0 Å². The lowest BCUT2D eigenvalue weighted by atomic mass is 10.2. The zero-order valence-electron chi connectivity index (χ0n) is 14.0. The molecule has 7 nitrogen and oxygen atoms in total. The van der Waals surface area contributed by atoms with Gasteiger partial charge in [-0.25, -0.2) is 0 Å². The third-order valence-corrected chi connectivity index (χ3v) is 3.08. The quantitative estimate of drug-likeness (QED) is 0.353. The number of nitrogens with zero attached hydrogens (tertiary/aromatic N) is 1. The predicted octanol–water partition coefficient (Wildman–Crippen LogP) is 0.627. The van der Waals surface area contributed by atoms with Crippen molar-refractivity contribution in [1.29, 1.82) is 0 Å². The molecule has 0 fully saturated rings. The second-order valence-corrected chi connectivity index (χ2v) is 4.76. The molecule has 0 aliphatic carbocycles. The average Bonchev–Trinajstić information content (AvgIpc) is 2.60. The fourth-order valence-electron chi connectivity index (χ4n) is 1.87. The first kappa shape index (κ1) is 18.8. The molecule has 0 aromatic heterocycles. The van der Waals surface area contributed by atoms with Crippen LogP contribution < -0.4 is 20.7 Å². The summed E-state index contributed by atoms with van der Waals surface area (Å²) in [6, 6.07) is 7.05. The first-order valence-electron chi connectivity index (χ1n) is 7.57. The van der Waals surface area contributed by atoms with Crippen molar-refractivity contribution >= 4 is 11.9 Å². The number of rotatable bonds is 9. The molecule has 0 aliphatic heterocycles. The number of nitrogens with one attached hydrogen (secondary N) is 3. The van der Waals surface area contributed by atoms with Crippen LogP contribution in [0.4, 0.5) is 0 Å². The number of guanidine groups is 1. The summed E-state index contributed by atoms with van der Waals surface area (Å²) in [6.07, 6.45) is 0.907. The van der Waals surface area contributed by atoms with E-state index in [0.29, 0.717) is 37.0 Å². The van der Waals surface area contributed by atoms with E-state index in [0.717, 1.165) is 13.0 Å². The summed E-state index contributed by atoms with van der Waals surface area (Å²) in [6.45, 7) is 2.57. The van der Waals surface area contributed by atoms with Gasteiger partial charge >= 0.3 is 0 Å². The van der Waals surface area contributed by atoms with Crippen LogP contribution in [-0.4, -0.2) is 59.4 Å². The molecule has 0 aliphatic rings. The van der Waals surface area contributed by atoms with Gasteiger partial charge in [0.25, 0.3) is 5.91 Å². The molecule has 0 bridgehead atoms. The van der Waals surface area contributed by atoms with Crippen molar-refractivity contribution < 1.29 is 14.3 Å². The molecule has 3 N–H and O–H groups in total. The minimum Gasteiger partial charge on any atom is -0.497 e. The van der Waals surface area contributed by atoms with E-state index in [1.54, 1.807) is 45.5 Å². The molecule has 128 valence electrons. The minimum atomic E-state index is -0.131. The van der Waals surface area contributed by atoms with Gasteiger partial charge in [-0.3, -0.25) is 9.79 Å². The van der Waals surface area contributed by atoms with E-state index >= 15 is 0 Å². The highest BCUT2D eigenvalue weighted by Gasteiger charge is 2.05. The fraction of sp³-hybridized carbons (Fsp3) is 0.500. The number of methoxy groups -OCH3 is 2. The Bertz CT molecular complexity index is 506. The number of benzene rings is 1. The number of ether oxygens (including phenoxy) is 2. The molecule has 1 amide bonds. The minimum absolute atomic E-state index is 0.131. The molecule has 0 saturated heterocycles. The third-order valence-electron chi connectivity index (χ3n) is 3.08. The second-order valence-electron chi connectivity index (χ2n) is 4.76. The summed E-state index contributed by atoms with van der Waals surface area (Å²) in [5.74, 6) is 1.24. The molecule has 0 unspecified atom stereocenters. The summed E-state index contributed by atoms with van der Waals surface area (Å²) < 4.78 is 10.1. The van der Waals surface area contributed by atoms with Gasteiger partial charge in [0.15, 0.2) is 5.96 Å². The standard InChI is InChI=1S/C16H26N4O3/c1-17-16(19-8-5-11-22-2)20-10-9-18-15(21)13-6-4-7-14(12-13)23-3/h4,6-7,12H,5,8-11H2,1-3H3,(H,18,21)(H2,17,19,20). The van der Waals surface area contributed by atoms with Crippen LogP contribution in [0.5, 0.6) is 5.75 Å². The van der Waals surface area contributed by atoms with Gasteiger partial charge in [-0.1, -0.05) is 6.07 Å². The van der Waals surface area contributed by atoms with Crippen LogP contribution in [-0.2, 0) is 4.74 Å². The Balaban J connectivity index is 2.26. The molecular weight excluding hydrogens is 296 g/mol. The van der Waals surface area contributed by atoms with Crippen LogP contribution in [0.3, 0.4) is 0 Å². The molecule has 0 saturated carbocycles. The molecule has 7 heteroatoms. The summed E-state index contributed by atoms with van der Waals surface area (Å²) in [5, 5.41) is 9.15. The fourth-order valence-corrected chi connectivity index (χ4v) is 1.87. The summed E-state index contributed by atoms with van der Waals surface area (Å²) in [7, 11) is 4.96. The molecule has 1 aromatic carbocycles. The Hall–Kier alpha value is -2.28. The summed E-state index contributed by atoms with van der Waals surface area (Å²) in [4.78, 5) is 16.1. The van der Waals surface area contributed by atoms with Crippen molar-refractivity contribution in [1.82, 2.24) is 16.0 Å². The summed E-state index contributed by atoms with van der Waals surface area (Å²) in [5.41, 5.74) is 0.575. The average molecular weight is 322 g/mol. The number of carbonyl (C=O) groups is 1. The van der Waals surface area contributed by atoms with Gasteiger partial charge in [-0.05, 0) is 24.6 Å². The zero-order chi connectivity index (χ0) is 16.9. The van der Waals surface area contributed by atoms with E-state index in [9.17, 15) is 4.79 Å². The smallest absolute Gasteiger partial charge is 0.251 e. The van der Waals surface area contributed by atoms with E-state index in [2.05, 4.69) is 20.9 Å². The lowest BCUT2D eigenvalue weighted by Crippen LogP contribution is -2.42. The van der Waals surface area contributed by atoms with Gasteiger partial charge in [-0.15, -0.1) is 0 Å². The van der Waals surface area contributed by atoms with Gasteiger partial charge in [0.05, 0.1) is 7.11 Å². The van der Waals surface area contributed by atoms with E-state index in [1.807, 2.05) is 0 Å². The maximum atomic E-state index is 12.0. The number of aliphatic imine (C=N–C) groups is 1. The summed E-state index contributed by atoms with van der Waals surface area (Å²) >= 11 is 0. The van der Waals surface area contributed by atoms with E-state index in [-0.39, 0.29) is 5.91 Å². The largest absolute Gasteiger partial charge is 0.497 e. The Labute approximate surface area is 137 Å². The predicted molar refractivity (Wildman–Crippen MR) is 91.2 cm³/mol. The van der Waals surface area contributed by atoms with E-state index in [1.165, 1.54) is 0 Å². The molecule has 0 spiro atoms. The van der Waals surface area contributed by atoms with Gasteiger partial charge in [0, 0.05) is 46.0 Å². The Kier molecular flexibility index (Phi) is 9.23. The van der Waals surface area contributed by atoms with E-state index < -0.39 is 0 Å². The first-order valence-corrected chi connectivity index (χ1v) is 7.57. The van der Waals surface area contributed by atoms with Crippen molar-refractivity contribution in [3.8, 4) is 5.75 Å². The SMILES string of the molecule is CN=C(NCCCOC)NCCNC(=O)c1cccc(OC)c1. The van der Waals surface area contributed by atoms with Crippen molar-refractivity contribution in [2.45, 2.75) is 6.42 Å². The van der Waals surface area contributed by atoms with Crippen LogP contribution in [0.25, 0.3) is 0 Å². The molecule has 0 heterocycles. The molecule has 0 radical (unpaired) electrons. The van der Waals surface area contributed by atoms with Gasteiger partial charge < -0.3 is 25.4 Å². The highest BCUT2D eigenvalue weighted by molar-refractivity contribution is 5.94. The zero-order valence-corrected chi connectivity index (χ0v) is 14.0. The van der Waals surface area contributed by atoms with Crippen molar-refractivity contribution in [3.05, 3.63) is 29.8 Å². The molecule has 23 heavy (non-hydrogen) atoms. The first-order chi connectivity index (χ1) is 11.2. The highest BCUT2D eigenvalue weighted by Crippen LogP contribution is 2.11. The Morgan fingerprint density at radius 1 is 1.13 bits per heavy atom. The lowest BCUT2D eigenvalue weighted by molar-refractivity contribution is 0.0954.